The van der Waals surface area contributed by atoms with Gasteiger partial charge in [-0.1, -0.05) is 13.8 Å². The predicted octanol–water partition coefficient (Wildman–Crippen LogP) is 1.98. The quantitative estimate of drug-likeness (QED) is 0.648. The number of nitrogens with two attached hydrogens (primary N) is 1. The second kappa shape index (κ2) is 4.99. The predicted molar refractivity (Wildman–Crippen MR) is 72.9 cm³/mol. The van der Waals surface area contributed by atoms with E-state index in [1.54, 1.807) is 0 Å². The molecule has 1 aromatic rings. The van der Waals surface area contributed by atoms with Crippen LogP contribution < -0.4 is 10.6 Å². The Morgan fingerprint density at radius 2 is 2.16 bits per heavy atom. The first kappa shape index (κ1) is 13.5. The molecule has 2 N–H and O–H groups in total. The molecule has 104 valence electrons. The van der Waals surface area contributed by atoms with Crippen molar-refractivity contribution in [3.05, 3.63) is 16.3 Å². The van der Waals surface area contributed by atoms with Crippen LogP contribution in [-0.4, -0.2) is 28.0 Å². The minimum atomic E-state index is -0.454. The Labute approximate surface area is 112 Å². The zero-order valence-corrected chi connectivity index (χ0v) is 11.3. The van der Waals surface area contributed by atoms with Crippen LogP contribution in [-0.2, 0) is 0 Å². The van der Waals surface area contributed by atoms with Gasteiger partial charge in [0.15, 0.2) is 0 Å². The van der Waals surface area contributed by atoms with E-state index in [0.717, 1.165) is 32.4 Å². The SMILES string of the molecule is CC1(C)CCCN(c2nc(N)ncc2[N+](=O)[O-])CC1. The van der Waals surface area contributed by atoms with E-state index in [1.165, 1.54) is 6.20 Å². The van der Waals surface area contributed by atoms with Gasteiger partial charge in [-0.25, -0.2) is 4.98 Å². The number of nitrogens with zero attached hydrogens (tertiary/aromatic N) is 4. The van der Waals surface area contributed by atoms with Crippen molar-refractivity contribution in [3.63, 3.8) is 0 Å². The number of anilines is 2. The fourth-order valence-corrected chi connectivity index (χ4v) is 2.38. The van der Waals surface area contributed by atoms with Gasteiger partial charge in [0.05, 0.1) is 4.92 Å². The highest BCUT2D eigenvalue weighted by Crippen LogP contribution is 2.33. The van der Waals surface area contributed by atoms with Crippen LogP contribution in [0.5, 0.6) is 0 Å². The maximum absolute atomic E-state index is 11.0. The first-order valence-electron chi connectivity index (χ1n) is 6.41. The van der Waals surface area contributed by atoms with Crippen LogP contribution in [0.1, 0.15) is 33.1 Å². The lowest BCUT2D eigenvalue weighted by Gasteiger charge is -2.23. The van der Waals surface area contributed by atoms with Crippen LogP contribution in [0, 0.1) is 15.5 Å². The fourth-order valence-electron chi connectivity index (χ4n) is 2.38. The topological polar surface area (TPSA) is 98.2 Å². The fraction of sp³-hybridized carbons (Fsp3) is 0.667. The summed E-state index contributed by atoms with van der Waals surface area (Å²) in [5.74, 6) is 0.416. The second-order valence-electron chi connectivity index (χ2n) is 5.70. The van der Waals surface area contributed by atoms with Crippen molar-refractivity contribution in [2.24, 2.45) is 5.41 Å². The lowest BCUT2D eigenvalue weighted by atomic mass is 9.85. The number of hydrogen-bond donors (Lipinski definition) is 1. The standard InChI is InChI=1S/C12H19N5O2/c1-12(2)4-3-6-16(7-5-12)10-9(17(18)19)8-14-11(13)15-10/h8H,3-7H2,1-2H3,(H2,13,14,15). The largest absolute Gasteiger partial charge is 0.368 e. The van der Waals surface area contributed by atoms with Gasteiger partial charge < -0.3 is 10.6 Å². The van der Waals surface area contributed by atoms with Gasteiger partial charge in [-0.3, -0.25) is 10.1 Å². The summed E-state index contributed by atoms with van der Waals surface area (Å²) in [5, 5.41) is 11.0. The Morgan fingerprint density at radius 1 is 1.42 bits per heavy atom. The Morgan fingerprint density at radius 3 is 2.84 bits per heavy atom. The lowest BCUT2D eigenvalue weighted by molar-refractivity contribution is -0.384. The molecule has 0 spiro atoms. The van der Waals surface area contributed by atoms with Gasteiger partial charge in [-0.05, 0) is 24.7 Å². The molecule has 0 unspecified atom stereocenters. The minimum Gasteiger partial charge on any atom is -0.368 e. The van der Waals surface area contributed by atoms with Gasteiger partial charge in [-0.15, -0.1) is 0 Å². The molecule has 1 aliphatic heterocycles. The first-order chi connectivity index (χ1) is 8.89. The van der Waals surface area contributed by atoms with E-state index in [-0.39, 0.29) is 17.1 Å². The summed E-state index contributed by atoms with van der Waals surface area (Å²) in [6, 6.07) is 0. The average Bonchev–Trinajstić information content (AvgIpc) is 2.49. The summed E-state index contributed by atoms with van der Waals surface area (Å²) >= 11 is 0. The van der Waals surface area contributed by atoms with Crippen molar-refractivity contribution in [2.45, 2.75) is 33.1 Å². The summed E-state index contributed by atoms with van der Waals surface area (Å²) in [6.45, 7) is 5.96. The number of rotatable bonds is 2. The lowest BCUT2D eigenvalue weighted by Crippen LogP contribution is -2.27. The number of nitro groups is 1. The van der Waals surface area contributed by atoms with E-state index in [0.29, 0.717) is 5.82 Å². The van der Waals surface area contributed by atoms with Crippen LogP contribution in [0.15, 0.2) is 6.20 Å². The van der Waals surface area contributed by atoms with E-state index in [2.05, 4.69) is 23.8 Å². The Hall–Kier alpha value is -1.92. The maximum Gasteiger partial charge on any atom is 0.329 e. The summed E-state index contributed by atoms with van der Waals surface area (Å²) in [5.41, 5.74) is 5.75. The van der Waals surface area contributed by atoms with Crippen molar-refractivity contribution in [1.29, 1.82) is 0 Å². The van der Waals surface area contributed by atoms with Crippen molar-refractivity contribution < 1.29 is 4.92 Å². The molecule has 0 atom stereocenters. The number of aromatic nitrogens is 2. The van der Waals surface area contributed by atoms with Crippen LogP contribution >= 0.6 is 0 Å². The first-order valence-corrected chi connectivity index (χ1v) is 6.41. The normalized spacial score (nSPS) is 18.9. The summed E-state index contributed by atoms with van der Waals surface area (Å²) < 4.78 is 0. The van der Waals surface area contributed by atoms with E-state index < -0.39 is 4.92 Å². The number of hydrogen-bond acceptors (Lipinski definition) is 6. The molecule has 0 saturated carbocycles. The molecule has 1 fully saturated rings. The molecule has 0 aromatic carbocycles. The molecule has 2 rings (SSSR count). The molecule has 0 bridgehead atoms. The van der Waals surface area contributed by atoms with Crippen LogP contribution in [0.25, 0.3) is 0 Å². The summed E-state index contributed by atoms with van der Waals surface area (Å²) in [6.07, 6.45) is 4.27. The smallest absolute Gasteiger partial charge is 0.329 e. The highest BCUT2D eigenvalue weighted by Gasteiger charge is 2.28. The second-order valence-corrected chi connectivity index (χ2v) is 5.70. The third kappa shape index (κ3) is 3.10. The van der Waals surface area contributed by atoms with Gasteiger partial charge in [0.25, 0.3) is 0 Å². The molecular formula is C12H19N5O2. The van der Waals surface area contributed by atoms with Crippen molar-refractivity contribution >= 4 is 17.5 Å². The third-order valence-corrected chi connectivity index (χ3v) is 3.60. The number of nitrogen functional groups attached to an aromatic ring is 1. The average molecular weight is 265 g/mol. The van der Waals surface area contributed by atoms with E-state index in [4.69, 9.17) is 5.73 Å². The van der Waals surface area contributed by atoms with E-state index >= 15 is 0 Å². The zero-order chi connectivity index (χ0) is 14.0. The van der Waals surface area contributed by atoms with Gasteiger partial charge in [0.1, 0.15) is 6.20 Å². The van der Waals surface area contributed by atoms with E-state index in [9.17, 15) is 10.1 Å². The Kier molecular flexibility index (Phi) is 3.55. The van der Waals surface area contributed by atoms with Crippen molar-refractivity contribution in [2.75, 3.05) is 23.7 Å². The van der Waals surface area contributed by atoms with Crippen molar-refractivity contribution in [3.8, 4) is 0 Å². The van der Waals surface area contributed by atoms with Crippen LogP contribution in [0.2, 0.25) is 0 Å². The molecule has 0 aliphatic carbocycles. The van der Waals surface area contributed by atoms with Crippen molar-refractivity contribution in [1.82, 2.24) is 9.97 Å². The molecule has 0 amide bonds. The van der Waals surface area contributed by atoms with E-state index in [1.807, 2.05) is 4.90 Å². The molecular weight excluding hydrogens is 246 g/mol. The molecule has 1 aliphatic rings. The van der Waals surface area contributed by atoms with Crippen LogP contribution in [0.4, 0.5) is 17.5 Å². The molecule has 0 radical (unpaired) electrons. The maximum atomic E-state index is 11.0. The summed E-state index contributed by atoms with van der Waals surface area (Å²) in [7, 11) is 0. The van der Waals surface area contributed by atoms with Gasteiger partial charge in [0.2, 0.25) is 11.8 Å². The molecule has 1 saturated heterocycles. The molecule has 1 aromatic heterocycles. The minimum absolute atomic E-state index is 0.0732. The van der Waals surface area contributed by atoms with Gasteiger partial charge in [-0.2, -0.15) is 4.98 Å². The third-order valence-electron chi connectivity index (χ3n) is 3.60. The Balaban J connectivity index is 2.30. The van der Waals surface area contributed by atoms with Gasteiger partial charge in [0, 0.05) is 13.1 Å². The monoisotopic (exact) mass is 265 g/mol. The highest BCUT2D eigenvalue weighted by molar-refractivity contribution is 5.58. The molecule has 7 heteroatoms. The van der Waals surface area contributed by atoms with Gasteiger partial charge >= 0.3 is 5.69 Å². The highest BCUT2D eigenvalue weighted by atomic mass is 16.6. The summed E-state index contributed by atoms with van der Waals surface area (Å²) in [4.78, 5) is 20.3. The Bertz CT molecular complexity index is 489. The zero-order valence-electron chi connectivity index (χ0n) is 11.3. The molecule has 2 heterocycles. The molecule has 7 nitrogen and oxygen atoms in total. The van der Waals surface area contributed by atoms with Crippen LogP contribution in [0.3, 0.4) is 0 Å². The molecule has 19 heavy (non-hydrogen) atoms.